The van der Waals surface area contributed by atoms with E-state index in [9.17, 15) is 17.6 Å². The molecular formula is C11H15FN2O3S. The molecule has 0 fully saturated rings. The molecule has 3 N–H and O–H groups in total. The van der Waals surface area contributed by atoms with E-state index in [1.165, 1.54) is 6.07 Å². The fourth-order valence-corrected chi connectivity index (χ4v) is 1.85. The second-order valence-corrected chi connectivity index (χ2v) is 5.52. The van der Waals surface area contributed by atoms with Gasteiger partial charge in [0.05, 0.1) is 0 Å². The Bertz CT molecular complexity index is 557. The first-order valence-electron chi connectivity index (χ1n) is 5.39. The molecule has 0 radical (unpaired) electrons. The largest absolute Gasteiger partial charge is 0.326 e. The molecule has 1 unspecified atom stereocenters. The summed E-state index contributed by atoms with van der Waals surface area (Å²) in [7, 11) is -4.09. The molecule has 0 aliphatic heterocycles. The lowest BCUT2D eigenvalue weighted by molar-refractivity contribution is -0.119. The lowest BCUT2D eigenvalue weighted by Crippen LogP contribution is -2.20. The third-order valence-electron chi connectivity index (χ3n) is 2.57. The van der Waals surface area contributed by atoms with E-state index in [1.54, 1.807) is 6.92 Å². The van der Waals surface area contributed by atoms with Crippen molar-refractivity contribution in [3.05, 3.63) is 24.0 Å². The highest BCUT2D eigenvalue weighted by Gasteiger charge is 2.16. The van der Waals surface area contributed by atoms with Crippen LogP contribution in [0.25, 0.3) is 0 Å². The quantitative estimate of drug-likeness (QED) is 0.871. The number of carbonyl (C=O) groups is 1. The van der Waals surface area contributed by atoms with Crippen LogP contribution in [0, 0.1) is 11.7 Å². The van der Waals surface area contributed by atoms with Gasteiger partial charge >= 0.3 is 0 Å². The van der Waals surface area contributed by atoms with Crippen molar-refractivity contribution in [1.82, 2.24) is 0 Å². The number of hydrogen-bond donors (Lipinski definition) is 2. The third-order valence-corrected chi connectivity index (χ3v) is 3.51. The lowest BCUT2D eigenvalue weighted by Gasteiger charge is -2.10. The molecule has 1 atom stereocenters. The van der Waals surface area contributed by atoms with Crippen molar-refractivity contribution >= 4 is 21.6 Å². The molecule has 0 aliphatic carbocycles. The van der Waals surface area contributed by atoms with Crippen molar-refractivity contribution in [2.24, 2.45) is 11.1 Å². The number of nitrogens with two attached hydrogens (primary N) is 1. The minimum absolute atomic E-state index is 0.199. The van der Waals surface area contributed by atoms with Crippen molar-refractivity contribution < 1.29 is 17.6 Å². The summed E-state index contributed by atoms with van der Waals surface area (Å²) in [6, 6.07) is 3.25. The zero-order valence-electron chi connectivity index (χ0n) is 10.1. The molecule has 1 aromatic rings. The molecule has 0 heterocycles. The minimum atomic E-state index is -4.09. The highest BCUT2D eigenvalue weighted by atomic mass is 32.2. The summed E-state index contributed by atoms with van der Waals surface area (Å²) in [6.45, 7) is 3.60. The Morgan fingerprint density at radius 1 is 1.50 bits per heavy atom. The summed E-state index contributed by atoms with van der Waals surface area (Å²) >= 11 is 0. The van der Waals surface area contributed by atoms with E-state index < -0.39 is 20.7 Å². The fourth-order valence-electron chi connectivity index (χ4n) is 1.26. The Labute approximate surface area is 105 Å². The SMILES string of the molecule is CCC(C)C(=O)Nc1ccc(S(N)(=O)=O)c(F)c1. The van der Waals surface area contributed by atoms with Gasteiger partial charge in [0, 0.05) is 11.6 Å². The predicted molar refractivity (Wildman–Crippen MR) is 65.9 cm³/mol. The first kappa shape index (κ1) is 14.6. The van der Waals surface area contributed by atoms with Crippen molar-refractivity contribution in [3.63, 3.8) is 0 Å². The summed E-state index contributed by atoms with van der Waals surface area (Å²) < 4.78 is 35.5. The fraction of sp³-hybridized carbons (Fsp3) is 0.364. The van der Waals surface area contributed by atoms with E-state index in [0.29, 0.717) is 6.42 Å². The Morgan fingerprint density at radius 2 is 2.11 bits per heavy atom. The topological polar surface area (TPSA) is 89.3 Å². The number of carbonyl (C=O) groups excluding carboxylic acids is 1. The first-order valence-corrected chi connectivity index (χ1v) is 6.93. The number of hydrogen-bond acceptors (Lipinski definition) is 3. The number of amides is 1. The van der Waals surface area contributed by atoms with Gasteiger partial charge in [0.25, 0.3) is 0 Å². The number of anilines is 1. The average Bonchev–Trinajstić information content (AvgIpc) is 2.26. The summed E-state index contributed by atoms with van der Waals surface area (Å²) in [5.74, 6) is -1.44. The van der Waals surface area contributed by atoms with Crippen LogP contribution in [0.3, 0.4) is 0 Å². The number of sulfonamides is 1. The smallest absolute Gasteiger partial charge is 0.240 e. The molecule has 0 spiro atoms. The van der Waals surface area contributed by atoms with Gasteiger partial charge in [-0.3, -0.25) is 4.79 Å². The minimum Gasteiger partial charge on any atom is -0.326 e. The normalized spacial score (nSPS) is 13.1. The van der Waals surface area contributed by atoms with Crippen LogP contribution in [-0.2, 0) is 14.8 Å². The van der Waals surface area contributed by atoms with Gasteiger partial charge in [-0.1, -0.05) is 13.8 Å². The molecule has 0 aromatic heterocycles. The predicted octanol–water partition coefficient (Wildman–Crippen LogP) is 1.46. The zero-order chi connectivity index (χ0) is 13.9. The van der Waals surface area contributed by atoms with E-state index in [1.807, 2.05) is 6.92 Å². The van der Waals surface area contributed by atoms with Gasteiger partial charge in [0.2, 0.25) is 15.9 Å². The maximum absolute atomic E-state index is 13.5. The standard InChI is InChI=1S/C11H15FN2O3S/c1-3-7(2)11(15)14-8-4-5-10(9(12)6-8)18(13,16)17/h4-7H,3H2,1-2H3,(H,14,15)(H2,13,16,17). The lowest BCUT2D eigenvalue weighted by atomic mass is 10.1. The van der Waals surface area contributed by atoms with Gasteiger partial charge in [0.15, 0.2) is 0 Å². The Hall–Kier alpha value is -1.47. The van der Waals surface area contributed by atoms with Gasteiger partial charge < -0.3 is 5.32 Å². The van der Waals surface area contributed by atoms with Crippen LogP contribution in [0.4, 0.5) is 10.1 Å². The van der Waals surface area contributed by atoms with E-state index >= 15 is 0 Å². The second kappa shape index (κ2) is 5.45. The van der Waals surface area contributed by atoms with E-state index in [4.69, 9.17) is 5.14 Å². The molecule has 0 bridgehead atoms. The summed E-state index contributed by atoms with van der Waals surface area (Å²) in [6.07, 6.45) is 0.656. The van der Waals surface area contributed by atoms with Gasteiger partial charge in [-0.15, -0.1) is 0 Å². The van der Waals surface area contributed by atoms with E-state index in [2.05, 4.69) is 5.32 Å². The number of rotatable bonds is 4. The summed E-state index contributed by atoms with van der Waals surface area (Å²) in [4.78, 5) is 11.0. The van der Waals surface area contributed by atoms with E-state index in [0.717, 1.165) is 12.1 Å². The molecule has 0 aliphatic rings. The number of benzene rings is 1. The molecule has 0 saturated heterocycles. The van der Waals surface area contributed by atoms with Crippen LogP contribution >= 0.6 is 0 Å². The Balaban J connectivity index is 2.96. The van der Waals surface area contributed by atoms with E-state index in [-0.39, 0.29) is 17.5 Å². The Morgan fingerprint density at radius 3 is 2.56 bits per heavy atom. The van der Waals surface area contributed by atoms with Crippen LogP contribution in [-0.4, -0.2) is 14.3 Å². The monoisotopic (exact) mass is 274 g/mol. The van der Waals surface area contributed by atoms with Gasteiger partial charge in [0.1, 0.15) is 10.7 Å². The van der Waals surface area contributed by atoms with Crippen molar-refractivity contribution in [2.75, 3.05) is 5.32 Å². The number of halogens is 1. The number of primary sulfonamides is 1. The van der Waals surface area contributed by atoms with Crippen LogP contribution in [0.15, 0.2) is 23.1 Å². The maximum atomic E-state index is 13.5. The van der Waals surface area contributed by atoms with Crippen LogP contribution in [0.2, 0.25) is 0 Å². The van der Waals surface area contributed by atoms with Crippen molar-refractivity contribution in [2.45, 2.75) is 25.2 Å². The Kier molecular flexibility index (Phi) is 4.42. The summed E-state index contributed by atoms with van der Waals surface area (Å²) in [5.41, 5.74) is 0.199. The zero-order valence-corrected chi connectivity index (χ0v) is 10.9. The molecule has 100 valence electrons. The third kappa shape index (κ3) is 3.51. The summed E-state index contributed by atoms with van der Waals surface area (Å²) in [5, 5.41) is 7.32. The van der Waals surface area contributed by atoms with Crippen LogP contribution in [0.1, 0.15) is 20.3 Å². The van der Waals surface area contributed by atoms with Gasteiger partial charge in [-0.2, -0.15) is 0 Å². The molecule has 1 aromatic carbocycles. The van der Waals surface area contributed by atoms with Gasteiger partial charge in [-0.05, 0) is 24.6 Å². The average molecular weight is 274 g/mol. The van der Waals surface area contributed by atoms with Crippen LogP contribution in [0.5, 0.6) is 0 Å². The molecule has 5 nitrogen and oxygen atoms in total. The van der Waals surface area contributed by atoms with Crippen molar-refractivity contribution in [3.8, 4) is 0 Å². The molecule has 0 saturated carbocycles. The van der Waals surface area contributed by atoms with Crippen molar-refractivity contribution in [1.29, 1.82) is 0 Å². The van der Waals surface area contributed by atoms with Crippen LogP contribution < -0.4 is 10.5 Å². The molecule has 18 heavy (non-hydrogen) atoms. The molecule has 7 heteroatoms. The molecule has 1 rings (SSSR count). The number of nitrogens with one attached hydrogen (secondary N) is 1. The second-order valence-electron chi connectivity index (χ2n) is 3.99. The molecule has 1 amide bonds. The first-order chi connectivity index (χ1) is 8.25. The highest BCUT2D eigenvalue weighted by molar-refractivity contribution is 7.89. The molecular weight excluding hydrogens is 259 g/mol. The highest BCUT2D eigenvalue weighted by Crippen LogP contribution is 2.18. The maximum Gasteiger partial charge on any atom is 0.240 e. The van der Waals surface area contributed by atoms with Gasteiger partial charge in [-0.25, -0.2) is 17.9 Å².